The van der Waals surface area contributed by atoms with Crippen molar-refractivity contribution in [2.24, 2.45) is 0 Å². The highest BCUT2D eigenvalue weighted by Crippen LogP contribution is 2.34. The molecule has 0 spiro atoms. The molecule has 0 saturated heterocycles. The zero-order valence-corrected chi connectivity index (χ0v) is 26.6. The Balaban J connectivity index is 1.82. The molecule has 43 heavy (non-hydrogen) atoms. The van der Waals surface area contributed by atoms with Crippen molar-refractivity contribution in [1.82, 2.24) is 10.2 Å². The lowest BCUT2D eigenvalue weighted by Gasteiger charge is -2.34. The minimum Gasteiger partial charge on any atom is -0.495 e. The van der Waals surface area contributed by atoms with Crippen LogP contribution in [0.15, 0.2) is 112 Å². The standard InChI is InChI=1S/C33H34BrN3O5S/c1-24-14-19-31(42-3)29(20-24)37(43(40,41)28-12-8-5-9-13-28)23-32(38)36(22-26-15-17-27(34)18-16-26)30(33(39)35-2)21-25-10-6-4-7-11-25/h4-20,30H,21-23H2,1-3H3,(H,35,39)/t30-/m1/s1. The molecule has 0 aliphatic carbocycles. The number of carbonyl (C=O) groups is 2. The normalized spacial score (nSPS) is 11.8. The van der Waals surface area contributed by atoms with Gasteiger partial charge in [0.25, 0.3) is 10.0 Å². The summed E-state index contributed by atoms with van der Waals surface area (Å²) in [6.45, 7) is 1.36. The van der Waals surface area contributed by atoms with Gasteiger partial charge in [-0.05, 0) is 60.0 Å². The third-order valence-electron chi connectivity index (χ3n) is 7.00. The Morgan fingerprint density at radius 2 is 1.51 bits per heavy atom. The SMILES string of the molecule is CNC(=O)[C@@H](Cc1ccccc1)N(Cc1ccc(Br)cc1)C(=O)CN(c1cc(C)ccc1OC)S(=O)(=O)c1ccccc1. The second kappa shape index (κ2) is 14.3. The number of anilines is 1. The van der Waals surface area contributed by atoms with Gasteiger partial charge in [-0.15, -0.1) is 0 Å². The van der Waals surface area contributed by atoms with E-state index in [1.165, 1.54) is 31.2 Å². The summed E-state index contributed by atoms with van der Waals surface area (Å²) < 4.78 is 35.7. The maximum Gasteiger partial charge on any atom is 0.264 e. The smallest absolute Gasteiger partial charge is 0.264 e. The molecule has 0 radical (unpaired) electrons. The van der Waals surface area contributed by atoms with Crippen molar-refractivity contribution in [3.63, 3.8) is 0 Å². The van der Waals surface area contributed by atoms with Crippen LogP contribution in [0.25, 0.3) is 0 Å². The van der Waals surface area contributed by atoms with E-state index in [4.69, 9.17) is 4.74 Å². The van der Waals surface area contributed by atoms with Crippen molar-refractivity contribution in [3.8, 4) is 5.75 Å². The molecular formula is C33H34BrN3O5S. The molecule has 0 unspecified atom stereocenters. The van der Waals surface area contributed by atoms with Crippen LogP contribution in [-0.4, -0.2) is 51.9 Å². The highest BCUT2D eigenvalue weighted by Gasteiger charge is 2.35. The summed E-state index contributed by atoms with van der Waals surface area (Å²) in [5, 5.41) is 2.69. The number of nitrogens with one attached hydrogen (secondary N) is 1. The summed E-state index contributed by atoms with van der Waals surface area (Å²) >= 11 is 3.44. The number of benzene rings is 4. The Labute approximate surface area is 261 Å². The van der Waals surface area contributed by atoms with E-state index in [2.05, 4.69) is 21.2 Å². The molecule has 10 heteroatoms. The Morgan fingerprint density at radius 3 is 2.12 bits per heavy atom. The van der Waals surface area contributed by atoms with Gasteiger partial charge < -0.3 is 15.0 Å². The van der Waals surface area contributed by atoms with Crippen LogP contribution in [0.3, 0.4) is 0 Å². The van der Waals surface area contributed by atoms with E-state index in [1.54, 1.807) is 36.4 Å². The number of hydrogen-bond donors (Lipinski definition) is 1. The lowest BCUT2D eigenvalue weighted by atomic mass is 10.0. The first-order valence-electron chi connectivity index (χ1n) is 13.7. The summed E-state index contributed by atoms with van der Waals surface area (Å²) in [6.07, 6.45) is 0.238. The number of halogens is 1. The molecule has 0 saturated carbocycles. The van der Waals surface area contributed by atoms with E-state index in [-0.39, 0.29) is 29.5 Å². The molecule has 4 rings (SSSR count). The first-order valence-corrected chi connectivity index (χ1v) is 15.9. The molecular weight excluding hydrogens is 630 g/mol. The quantitative estimate of drug-likeness (QED) is 0.221. The van der Waals surface area contributed by atoms with Gasteiger partial charge in [-0.25, -0.2) is 8.42 Å². The second-order valence-electron chi connectivity index (χ2n) is 9.97. The Kier molecular flexibility index (Phi) is 10.6. The molecule has 0 aliphatic rings. The van der Waals surface area contributed by atoms with Crippen molar-refractivity contribution in [2.45, 2.75) is 30.8 Å². The van der Waals surface area contributed by atoms with Gasteiger partial charge in [0.15, 0.2) is 0 Å². The molecule has 1 atom stereocenters. The van der Waals surface area contributed by atoms with Crippen molar-refractivity contribution in [3.05, 3.63) is 124 Å². The van der Waals surface area contributed by atoms with Crippen LogP contribution >= 0.6 is 15.9 Å². The number of nitrogens with zero attached hydrogens (tertiary/aromatic N) is 2. The van der Waals surface area contributed by atoms with E-state index < -0.39 is 28.5 Å². The lowest BCUT2D eigenvalue weighted by molar-refractivity contribution is -0.139. The summed E-state index contributed by atoms with van der Waals surface area (Å²) in [5.74, 6) is -0.611. The van der Waals surface area contributed by atoms with Gasteiger partial charge in [0.2, 0.25) is 11.8 Å². The van der Waals surface area contributed by atoms with Crippen molar-refractivity contribution in [1.29, 1.82) is 0 Å². The van der Waals surface area contributed by atoms with Crippen LogP contribution in [0.4, 0.5) is 5.69 Å². The monoisotopic (exact) mass is 663 g/mol. The number of amides is 2. The van der Waals surface area contributed by atoms with E-state index in [0.29, 0.717) is 5.75 Å². The van der Waals surface area contributed by atoms with Crippen molar-refractivity contribution < 1.29 is 22.7 Å². The summed E-state index contributed by atoms with van der Waals surface area (Å²) in [6, 6.07) is 29.0. The molecule has 0 aliphatic heterocycles. The fourth-order valence-corrected chi connectivity index (χ4v) is 6.44. The van der Waals surface area contributed by atoms with E-state index >= 15 is 0 Å². The fraction of sp³-hybridized carbons (Fsp3) is 0.212. The minimum atomic E-state index is -4.22. The number of ether oxygens (including phenoxy) is 1. The van der Waals surface area contributed by atoms with Gasteiger partial charge in [-0.3, -0.25) is 13.9 Å². The highest BCUT2D eigenvalue weighted by molar-refractivity contribution is 9.10. The average Bonchev–Trinajstić information content (AvgIpc) is 3.02. The van der Waals surface area contributed by atoms with E-state index in [9.17, 15) is 18.0 Å². The zero-order chi connectivity index (χ0) is 31.0. The van der Waals surface area contributed by atoms with Gasteiger partial charge in [-0.2, -0.15) is 0 Å². The first-order chi connectivity index (χ1) is 20.6. The predicted molar refractivity (Wildman–Crippen MR) is 171 cm³/mol. The van der Waals surface area contributed by atoms with Crippen LogP contribution in [-0.2, 0) is 32.6 Å². The van der Waals surface area contributed by atoms with Gasteiger partial charge >= 0.3 is 0 Å². The van der Waals surface area contributed by atoms with Crippen molar-refractivity contribution in [2.75, 3.05) is 25.0 Å². The minimum absolute atomic E-state index is 0.0259. The number of sulfonamides is 1. The molecule has 4 aromatic carbocycles. The second-order valence-corrected chi connectivity index (χ2v) is 12.7. The number of aryl methyl sites for hydroxylation is 1. The number of hydrogen-bond acceptors (Lipinski definition) is 5. The van der Waals surface area contributed by atoms with E-state index in [1.807, 2.05) is 61.5 Å². The van der Waals surface area contributed by atoms with Crippen LogP contribution < -0.4 is 14.4 Å². The average molecular weight is 665 g/mol. The van der Waals surface area contributed by atoms with Gasteiger partial charge in [0, 0.05) is 24.5 Å². The lowest BCUT2D eigenvalue weighted by Crippen LogP contribution is -2.53. The maximum atomic E-state index is 14.4. The molecule has 0 bridgehead atoms. The van der Waals surface area contributed by atoms with Crippen molar-refractivity contribution >= 4 is 43.5 Å². The Bertz CT molecular complexity index is 1650. The summed E-state index contributed by atoms with van der Waals surface area (Å²) in [7, 11) is -1.25. The predicted octanol–water partition coefficient (Wildman–Crippen LogP) is 5.35. The van der Waals surface area contributed by atoms with Gasteiger partial charge in [0.1, 0.15) is 18.3 Å². The fourth-order valence-electron chi connectivity index (χ4n) is 4.74. The van der Waals surface area contributed by atoms with E-state index in [0.717, 1.165) is 25.5 Å². The molecule has 8 nitrogen and oxygen atoms in total. The molecule has 4 aromatic rings. The molecule has 0 heterocycles. The van der Waals surface area contributed by atoms with Gasteiger partial charge in [0.05, 0.1) is 17.7 Å². The molecule has 224 valence electrons. The van der Waals surface area contributed by atoms with Crippen LogP contribution in [0, 0.1) is 6.92 Å². The first kappa shape index (κ1) is 31.8. The van der Waals surface area contributed by atoms with Gasteiger partial charge in [-0.1, -0.05) is 82.7 Å². The molecule has 0 aromatic heterocycles. The van der Waals surface area contributed by atoms with Crippen LogP contribution in [0.1, 0.15) is 16.7 Å². The number of rotatable bonds is 12. The molecule has 1 N–H and O–H groups in total. The van der Waals surface area contributed by atoms with Crippen LogP contribution in [0.2, 0.25) is 0 Å². The molecule has 0 fully saturated rings. The zero-order valence-electron chi connectivity index (χ0n) is 24.2. The number of carbonyl (C=O) groups excluding carboxylic acids is 2. The topological polar surface area (TPSA) is 96.0 Å². The number of likely N-dealkylation sites (N-methyl/N-ethyl adjacent to an activating group) is 1. The maximum absolute atomic E-state index is 14.4. The summed E-state index contributed by atoms with van der Waals surface area (Å²) in [4.78, 5) is 29.2. The molecule has 2 amide bonds. The summed E-state index contributed by atoms with van der Waals surface area (Å²) in [5.41, 5.74) is 2.65. The number of methoxy groups -OCH3 is 1. The highest BCUT2D eigenvalue weighted by atomic mass is 79.9. The Morgan fingerprint density at radius 1 is 0.884 bits per heavy atom. The van der Waals surface area contributed by atoms with Crippen LogP contribution in [0.5, 0.6) is 5.75 Å². The third-order valence-corrected chi connectivity index (χ3v) is 9.30. The third kappa shape index (κ3) is 7.82. The Hall–Kier alpha value is -4.15. The largest absolute Gasteiger partial charge is 0.495 e.